The molecule has 1 fully saturated rings. The minimum atomic E-state index is -1.25. The minimum Gasteiger partial charge on any atom is -0.598 e. The molecule has 1 N–H and O–H groups in total. The van der Waals surface area contributed by atoms with Crippen molar-refractivity contribution in [2.45, 2.75) is 45.4 Å². The largest absolute Gasteiger partial charge is 0.598 e. The first kappa shape index (κ1) is 21.4. The second kappa shape index (κ2) is 8.20. The molecule has 1 aliphatic rings. The van der Waals surface area contributed by atoms with Crippen molar-refractivity contribution in [3.63, 3.8) is 0 Å². The molecule has 1 unspecified atom stereocenters. The number of halogens is 1. The second-order valence-electron chi connectivity index (χ2n) is 8.03. The van der Waals surface area contributed by atoms with Crippen LogP contribution in [0.15, 0.2) is 16.9 Å². The van der Waals surface area contributed by atoms with Gasteiger partial charge in [-0.25, -0.2) is 4.98 Å². The Morgan fingerprint density at radius 3 is 2.57 bits per heavy atom. The Balaban J connectivity index is 2.09. The van der Waals surface area contributed by atoms with Crippen LogP contribution in [0, 0.1) is 6.92 Å². The van der Waals surface area contributed by atoms with Crippen LogP contribution in [0.2, 0.25) is 5.28 Å². The van der Waals surface area contributed by atoms with Crippen molar-refractivity contribution in [1.82, 2.24) is 14.4 Å². The zero-order valence-electron chi connectivity index (χ0n) is 16.9. The fourth-order valence-electron chi connectivity index (χ4n) is 3.16. The quantitative estimate of drug-likeness (QED) is 0.597. The van der Waals surface area contributed by atoms with E-state index < -0.39 is 16.1 Å². The maximum Gasteiger partial charge on any atom is 0.281 e. The molecule has 1 aromatic heterocycles. The normalized spacial score (nSPS) is 17.8. The molecule has 3 rings (SSSR count). The number of benzene rings is 1. The van der Waals surface area contributed by atoms with E-state index >= 15 is 0 Å². The average molecular weight is 427 g/mol. The molecule has 1 aromatic carbocycles. The van der Waals surface area contributed by atoms with Crippen molar-refractivity contribution in [3.05, 3.63) is 38.9 Å². The van der Waals surface area contributed by atoms with Gasteiger partial charge in [0.15, 0.2) is 0 Å². The molecular weight excluding hydrogens is 400 g/mol. The predicted octanol–water partition coefficient (Wildman–Crippen LogP) is 2.44. The monoisotopic (exact) mass is 426 g/mol. The first-order chi connectivity index (χ1) is 13.1. The van der Waals surface area contributed by atoms with Gasteiger partial charge in [0.05, 0.1) is 43.2 Å². The van der Waals surface area contributed by atoms with Gasteiger partial charge < -0.3 is 14.3 Å². The first-order valence-electron chi connectivity index (χ1n) is 9.33. The SMILES string of the molecule is Cc1cc([C@@H](C)N[S+]([O-])C(C)(C)C)c2nc(Cl)n(N3CCOCC3)c(=O)c2c1. The molecule has 154 valence electrons. The predicted molar refractivity (Wildman–Crippen MR) is 114 cm³/mol. The zero-order valence-corrected chi connectivity index (χ0v) is 18.5. The molecule has 0 amide bonds. The van der Waals surface area contributed by atoms with Crippen molar-refractivity contribution in [3.8, 4) is 0 Å². The van der Waals surface area contributed by atoms with Gasteiger partial charge in [-0.05, 0) is 57.8 Å². The molecule has 1 saturated heterocycles. The molecule has 0 bridgehead atoms. The fourth-order valence-corrected chi connectivity index (χ4v) is 4.23. The van der Waals surface area contributed by atoms with Crippen LogP contribution >= 0.6 is 11.6 Å². The van der Waals surface area contributed by atoms with Crippen LogP contribution in [0.25, 0.3) is 10.9 Å². The van der Waals surface area contributed by atoms with E-state index in [9.17, 15) is 9.35 Å². The number of fused-ring (bicyclic) bond motifs is 1. The molecule has 2 aromatic rings. The molecule has 0 radical (unpaired) electrons. The van der Waals surface area contributed by atoms with E-state index in [4.69, 9.17) is 16.3 Å². The summed E-state index contributed by atoms with van der Waals surface area (Å²) >= 11 is 5.17. The Morgan fingerprint density at radius 1 is 1.32 bits per heavy atom. The fraction of sp³-hybridized carbons (Fsp3) is 0.579. The summed E-state index contributed by atoms with van der Waals surface area (Å²) in [6, 6.07) is 3.53. The minimum absolute atomic E-state index is 0.119. The highest BCUT2D eigenvalue weighted by Crippen LogP contribution is 2.26. The summed E-state index contributed by atoms with van der Waals surface area (Å²) in [5.74, 6) is 0. The van der Waals surface area contributed by atoms with Crippen LogP contribution in [-0.2, 0) is 16.1 Å². The van der Waals surface area contributed by atoms with Crippen LogP contribution < -0.4 is 15.3 Å². The van der Waals surface area contributed by atoms with E-state index in [2.05, 4.69) is 9.71 Å². The van der Waals surface area contributed by atoms with E-state index in [-0.39, 0.29) is 16.9 Å². The third-order valence-electron chi connectivity index (χ3n) is 4.66. The molecule has 0 aliphatic carbocycles. The van der Waals surface area contributed by atoms with Gasteiger partial charge in [0, 0.05) is 16.9 Å². The van der Waals surface area contributed by atoms with Gasteiger partial charge in [0.1, 0.15) is 4.75 Å². The third kappa shape index (κ3) is 4.31. The van der Waals surface area contributed by atoms with Crippen molar-refractivity contribution < 1.29 is 9.29 Å². The molecular formula is C19H27ClN4O3S. The summed E-state index contributed by atoms with van der Waals surface area (Å²) < 4.78 is 22.1. The summed E-state index contributed by atoms with van der Waals surface area (Å²) in [7, 11) is 0. The number of aryl methyl sites for hydroxylation is 1. The Morgan fingerprint density at radius 2 is 1.96 bits per heavy atom. The lowest BCUT2D eigenvalue weighted by Crippen LogP contribution is -2.49. The van der Waals surface area contributed by atoms with Gasteiger partial charge in [-0.1, -0.05) is 6.07 Å². The summed E-state index contributed by atoms with van der Waals surface area (Å²) in [4.78, 5) is 17.8. The van der Waals surface area contributed by atoms with Gasteiger partial charge in [-0.15, -0.1) is 4.72 Å². The van der Waals surface area contributed by atoms with Crippen LogP contribution in [0.3, 0.4) is 0 Å². The lowest BCUT2D eigenvalue weighted by molar-refractivity contribution is 0.110. The molecule has 28 heavy (non-hydrogen) atoms. The number of ether oxygens (including phenoxy) is 1. The molecule has 7 nitrogen and oxygen atoms in total. The van der Waals surface area contributed by atoms with E-state index in [1.165, 1.54) is 4.68 Å². The van der Waals surface area contributed by atoms with Gasteiger partial charge >= 0.3 is 0 Å². The van der Waals surface area contributed by atoms with E-state index in [0.29, 0.717) is 37.2 Å². The van der Waals surface area contributed by atoms with Crippen LogP contribution in [-0.4, -0.2) is 45.3 Å². The smallest absolute Gasteiger partial charge is 0.281 e. The van der Waals surface area contributed by atoms with Crippen LogP contribution in [0.5, 0.6) is 0 Å². The molecule has 1 aliphatic heterocycles. The number of hydrogen-bond donors (Lipinski definition) is 1. The van der Waals surface area contributed by atoms with Crippen LogP contribution in [0.1, 0.15) is 44.9 Å². The summed E-state index contributed by atoms with van der Waals surface area (Å²) in [5.41, 5.74) is 2.08. The molecule has 9 heteroatoms. The average Bonchev–Trinajstić information content (AvgIpc) is 2.62. The number of morpholine rings is 1. The van der Waals surface area contributed by atoms with Crippen molar-refractivity contribution in [2.24, 2.45) is 0 Å². The maximum atomic E-state index is 13.2. The Hall–Kier alpha value is -1.32. The highest BCUT2D eigenvalue weighted by Gasteiger charge is 2.29. The van der Waals surface area contributed by atoms with E-state index in [1.807, 2.05) is 51.8 Å². The molecule has 2 atom stereocenters. The standard InChI is InChI=1S/C19H27ClN4O3S/c1-12-10-14(13(2)22-28(26)19(3,4)5)16-15(11-12)17(25)24(18(20)21-16)23-6-8-27-9-7-23/h10-11,13,22H,6-9H2,1-5H3/t13-,28?/m1/s1. The topological polar surface area (TPSA) is 82.4 Å². The first-order valence-corrected chi connectivity index (χ1v) is 10.9. The lowest BCUT2D eigenvalue weighted by atomic mass is 10.0. The molecule has 2 heterocycles. The zero-order chi connectivity index (χ0) is 20.6. The van der Waals surface area contributed by atoms with E-state index in [0.717, 1.165) is 11.1 Å². The Kier molecular flexibility index (Phi) is 6.26. The Bertz CT molecular complexity index is 922. The number of hydrogen-bond acceptors (Lipinski definition) is 6. The van der Waals surface area contributed by atoms with Crippen molar-refractivity contribution in [2.75, 3.05) is 31.3 Å². The number of rotatable bonds is 4. The summed E-state index contributed by atoms with van der Waals surface area (Å²) in [6.45, 7) is 11.8. The van der Waals surface area contributed by atoms with Gasteiger partial charge in [-0.3, -0.25) is 4.79 Å². The van der Waals surface area contributed by atoms with Crippen LogP contribution in [0.4, 0.5) is 0 Å². The highest BCUT2D eigenvalue weighted by atomic mass is 35.5. The molecule has 0 spiro atoms. The van der Waals surface area contributed by atoms with Gasteiger partial charge in [-0.2, -0.15) is 4.68 Å². The van der Waals surface area contributed by atoms with Crippen molar-refractivity contribution in [1.29, 1.82) is 0 Å². The number of nitrogens with one attached hydrogen (secondary N) is 1. The third-order valence-corrected chi connectivity index (χ3v) is 6.59. The summed E-state index contributed by atoms with van der Waals surface area (Å²) in [6.07, 6.45) is 0. The van der Waals surface area contributed by atoms with Crippen molar-refractivity contribution >= 4 is 33.9 Å². The highest BCUT2D eigenvalue weighted by molar-refractivity contribution is 7.90. The maximum absolute atomic E-state index is 13.2. The number of nitrogens with zero attached hydrogens (tertiary/aromatic N) is 3. The summed E-state index contributed by atoms with van der Waals surface area (Å²) in [5, 5.41) is 2.48. The lowest BCUT2D eigenvalue weighted by Gasteiger charge is -2.31. The number of aromatic nitrogens is 2. The van der Waals surface area contributed by atoms with Gasteiger partial charge in [0.25, 0.3) is 5.56 Å². The van der Waals surface area contributed by atoms with E-state index in [1.54, 1.807) is 0 Å². The molecule has 0 saturated carbocycles. The van der Waals surface area contributed by atoms with Gasteiger partial charge in [0.2, 0.25) is 5.28 Å². The second-order valence-corrected chi connectivity index (χ2v) is 10.4. The Labute approximate surface area is 173 Å².